The van der Waals surface area contributed by atoms with E-state index in [0.717, 1.165) is 21.8 Å². The molecule has 128 valence electrons. The Hall–Kier alpha value is -3.22. The van der Waals surface area contributed by atoms with Crippen molar-refractivity contribution in [2.75, 3.05) is 0 Å². The molecule has 0 aliphatic carbocycles. The third-order valence-electron chi connectivity index (χ3n) is 3.98. The second-order valence-electron chi connectivity index (χ2n) is 5.71. The third kappa shape index (κ3) is 3.50. The number of nitrogens with zero attached hydrogens (tertiary/aromatic N) is 1. The largest absolute Gasteiger partial charge is 0.350 e. The molecular formula is C18H16FN3O3. The Kier molecular flexibility index (Phi) is 4.47. The van der Waals surface area contributed by atoms with Crippen LogP contribution in [0.5, 0.6) is 0 Å². The number of rotatable bonds is 4. The number of hydrogen-bond donors (Lipinski definition) is 2. The summed E-state index contributed by atoms with van der Waals surface area (Å²) in [4.78, 5) is 38.3. The first-order valence-electron chi connectivity index (χ1n) is 7.69. The highest BCUT2D eigenvalue weighted by molar-refractivity contribution is 5.80. The number of fused-ring (bicyclic) bond motifs is 1. The van der Waals surface area contributed by atoms with Crippen molar-refractivity contribution in [1.29, 1.82) is 0 Å². The average molecular weight is 341 g/mol. The van der Waals surface area contributed by atoms with Gasteiger partial charge < -0.3 is 10.3 Å². The average Bonchev–Trinajstić information content (AvgIpc) is 2.58. The minimum Gasteiger partial charge on any atom is -0.350 e. The van der Waals surface area contributed by atoms with E-state index in [9.17, 15) is 18.8 Å². The second kappa shape index (κ2) is 6.72. The van der Waals surface area contributed by atoms with E-state index in [1.165, 1.54) is 12.1 Å². The second-order valence-corrected chi connectivity index (χ2v) is 5.71. The van der Waals surface area contributed by atoms with Crippen molar-refractivity contribution in [2.45, 2.75) is 20.0 Å². The summed E-state index contributed by atoms with van der Waals surface area (Å²) in [6, 6.07) is 11.2. The van der Waals surface area contributed by atoms with E-state index in [-0.39, 0.29) is 17.6 Å². The summed E-state index contributed by atoms with van der Waals surface area (Å²) in [6.45, 7) is 1.93. The maximum atomic E-state index is 13.3. The van der Waals surface area contributed by atoms with Crippen molar-refractivity contribution < 1.29 is 9.18 Å². The van der Waals surface area contributed by atoms with Crippen LogP contribution in [0, 0.1) is 12.7 Å². The van der Waals surface area contributed by atoms with Gasteiger partial charge in [0.25, 0.3) is 0 Å². The number of nitrogens with one attached hydrogen (secondary N) is 2. The molecule has 6 nitrogen and oxygen atoms in total. The number of halogens is 1. The van der Waals surface area contributed by atoms with Crippen molar-refractivity contribution in [3.63, 3.8) is 0 Å². The molecule has 0 spiro atoms. The first-order chi connectivity index (χ1) is 12.0. The summed E-state index contributed by atoms with van der Waals surface area (Å²) in [5.41, 5.74) is 0.696. The van der Waals surface area contributed by atoms with Crippen LogP contribution in [0.2, 0.25) is 0 Å². The smallest absolute Gasteiger partial charge is 0.317 e. The Bertz CT molecular complexity index is 1070. The third-order valence-corrected chi connectivity index (χ3v) is 3.98. The van der Waals surface area contributed by atoms with Crippen LogP contribution in [-0.2, 0) is 17.9 Å². The summed E-state index contributed by atoms with van der Waals surface area (Å²) in [6.07, 6.45) is 0. The topological polar surface area (TPSA) is 84.0 Å². The Labute approximate surface area is 141 Å². The quantitative estimate of drug-likeness (QED) is 0.705. The van der Waals surface area contributed by atoms with Gasteiger partial charge in [0.05, 0.1) is 11.0 Å². The van der Waals surface area contributed by atoms with E-state index in [1.54, 1.807) is 0 Å². The lowest BCUT2D eigenvalue weighted by Crippen LogP contribution is -2.40. The predicted molar refractivity (Wildman–Crippen MR) is 91.8 cm³/mol. The van der Waals surface area contributed by atoms with Gasteiger partial charge in [0.15, 0.2) is 0 Å². The lowest BCUT2D eigenvalue weighted by atomic mass is 10.1. The highest BCUT2D eigenvalue weighted by Crippen LogP contribution is 2.10. The minimum absolute atomic E-state index is 0.163. The van der Waals surface area contributed by atoms with Crippen LogP contribution in [0.15, 0.2) is 52.1 Å². The molecule has 2 N–H and O–H groups in total. The molecule has 0 unspecified atom stereocenters. The Morgan fingerprint density at radius 3 is 2.72 bits per heavy atom. The van der Waals surface area contributed by atoms with E-state index < -0.39 is 22.8 Å². The van der Waals surface area contributed by atoms with Crippen LogP contribution in [0.3, 0.4) is 0 Å². The number of hydrogen-bond acceptors (Lipinski definition) is 3. The van der Waals surface area contributed by atoms with Crippen molar-refractivity contribution in [3.8, 4) is 0 Å². The number of amides is 1. The number of aryl methyl sites for hydroxylation is 1. The van der Waals surface area contributed by atoms with Crippen molar-refractivity contribution in [3.05, 3.63) is 80.1 Å². The SMILES string of the molecule is Cc1ccccc1CNC(=O)Cn1c(=O)c(=O)[nH]c2cc(F)ccc21. The van der Waals surface area contributed by atoms with Crippen molar-refractivity contribution in [2.24, 2.45) is 0 Å². The molecule has 3 rings (SSSR count). The maximum absolute atomic E-state index is 13.3. The Morgan fingerprint density at radius 2 is 1.96 bits per heavy atom. The standard InChI is InChI=1S/C18H16FN3O3/c1-11-4-2-3-5-12(11)9-20-16(23)10-22-15-7-6-13(19)8-14(15)21-17(24)18(22)25/h2-8H,9-10H2,1H3,(H,20,23)(H,21,24). The van der Waals surface area contributed by atoms with Crippen LogP contribution in [0.4, 0.5) is 4.39 Å². The lowest BCUT2D eigenvalue weighted by Gasteiger charge is -2.11. The molecular weight excluding hydrogens is 325 g/mol. The van der Waals surface area contributed by atoms with Crippen LogP contribution in [0.1, 0.15) is 11.1 Å². The number of aromatic nitrogens is 2. The highest BCUT2D eigenvalue weighted by Gasteiger charge is 2.12. The van der Waals surface area contributed by atoms with Gasteiger partial charge in [-0.3, -0.25) is 19.0 Å². The fourth-order valence-corrected chi connectivity index (χ4v) is 2.61. The van der Waals surface area contributed by atoms with E-state index >= 15 is 0 Å². The maximum Gasteiger partial charge on any atom is 0.317 e. The van der Waals surface area contributed by atoms with Gasteiger partial charge in [-0.05, 0) is 36.2 Å². The fourth-order valence-electron chi connectivity index (χ4n) is 2.61. The molecule has 3 aromatic rings. The van der Waals surface area contributed by atoms with Gasteiger partial charge >= 0.3 is 11.1 Å². The molecule has 0 aliphatic rings. The zero-order valence-corrected chi connectivity index (χ0v) is 13.5. The van der Waals surface area contributed by atoms with Gasteiger partial charge in [-0.15, -0.1) is 0 Å². The van der Waals surface area contributed by atoms with Gasteiger partial charge in [0, 0.05) is 6.54 Å². The molecule has 0 bridgehead atoms. The highest BCUT2D eigenvalue weighted by atomic mass is 19.1. The zero-order chi connectivity index (χ0) is 18.0. The minimum atomic E-state index is -0.898. The van der Waals surface area contributed by atoms with Gasteiger partial charge in [-0.1, -0.05) is 24.3 Å². The van der Waals surface area contributed by atoms with E-state index in [0.29, 0.717) is 6.54 Å². The molecule has 25 heavy (non-hydrogen) atoms. The molecule has 0 saturated carbocycles. The summed E-state index contributed by atoms with van der Waals surface area (Å²) in [5.74, 6) is -0.959. The van der Waals surface area contributed by atoms with E-state index in [4.69, 9.17) is 0 Å². The Morgan fingerprint density at radius 1 is 1.20 bits per heavy atom. The summed E-state index contributed by atoms with van der Waals surface area (Å²) >= 11 is 0. The van der Waals surface area contributed by atoms with E-state index in [1.807, 2.05) is 31.2 Å². The van der Waals surface area contributed by atoms with Crippen LogP contribution in [0.25, 0.3) is 11.0 Å². The molecule has 2 aromatic carbocycles. The number of benzene rings is 2. The van der Waals surface area contributed by atoms with Gasteiger partial charge in [-0.25, -0.2) is 4.39 Å². The van der Waals surface area contributed by atoms with Gasteiger partial charge in [-0.2, -0.15) is 0 Å². The molecule has 0 aliphatic heterocycles. The number of carbonyl (C=O) groups is 1. The summed E-state index contributed by atoms with van der Waals surface area (Å²) < 4.78 is 14.4. The molecule has 0 radical (unpaired) electrons. The van der Waals surface area contributed by atoms with E-state index in [2.05, 4.69) is 10.3 Å². The number of carbonyl (C=O) groups excluding carboxylic acids is 1. The monoisotopic (exact) mass is 341 g/mol. The van der Waals surface area contributed by atoms with Crippen LogP contribution >= 0.6 is 0 Å². The molecule has 1 amide bonds. The van der Waals surface area contributed by atoms with Crippen LogP contribution < -0.4 is 16.4 Å². The normalized spacial score (nSPS) is 10.8. The molecule has 1 heterocycles. The number of aromatic amines is 1. The van der Waals surface area contributed by atoms with Gasteiger partial charge in [0.1, 0.15) is 12.4 Å². The van der Waals surface area contributed by atoms with Crippen molar-refractivity contribution >= 4 is 16.9 Å². The first kappa shape index (κ1) is 16.6. The van der Waals surface area contributed by atoms with Crippen molar-refractivity contribution in [1.82, 2.24) is 14.9 Å². The molecule has 0 fully saturated rings. The summed E-state index contributed by atoms with van der Waals surface area (Å²) in [7, 11) is 0. The molecule has 0 saturated heterocycles. The zero-order valence-electron chi connectivity index (χ0n) is 13.5. The van der Waals surface area contributed by atoms with Gasteiger partial charge in [0.2, 0.25) is 5.91 Å². The first-order valence-corrected chi connectivity index (χ1v) is 7.69. The Balaban J connectivity index is 1.86. The van der Waals surface area contributed by atoms with Crippen LogP contribution in [-0.4, -0.2) is 15.5 Å². The predicted octanol–water partition coefficient (Wildman–Crippen LogP) is 1.45. The summed E-state index contributed by atoms with van der Waals surface area (Å²) in [5, 5.41) is 2.73. The fraction of sp³-hybridized carbons (Fsp3) is 0.167. The molecule has 7 heteroatoms. The lowest BCUT2D eigenvalue weighted by molar-refractivity contribution is -0.121. The number of H-pyrrole nitrogens is 1. The molecule has 1 aromatic heterocycles. The molecule has 0 atom stereocenters.